The molecule has 6 nitrogen and oxygen atoms in total. The first-order valence-corrected chi connectivity index (χ1v) is 10.3. The fraction of sp³-hybridized carbons (Fsp3) is 0.115. The van der Waals surface area contributed by atoms with Gasteiger partial charge in [0, 0.05) is 18.9 Å². The Hall–Kier alpha value is -4.19. The highest BCUT2D eigenvalue weighted by Gasteiger charge is 2.42. The zero-order valence-electron chi connectivity index (χ0n) is 17.2. The summed E-state index contributed by atoms with van der Waals surface area (Å²) in [5.74, 6) is 0.407. The van der Waals surface area contributed by atoms with Crippen LogP contribution in [0.15, 0.2) is 94.9 Å². The number of para-hydroxylation sites is 1. The largest absolute Gasteiger partial charge is 0.490 e. The zero-order chi connectivity index (χ0) is 22.1. The third-order valence-electron chi connectivity index (χ3n) is 5.52. The van der Waals surface area contributed by atoms with E-state index < -0.39 is 6.04 Å². The molecule has 0 fully saturated rings. The number of fused-ring (bicyclic) bond motifs is 2. The lowest BCUT2D eigenvalue weighted by molar-refractivity contribution is 0.0714. The molecule has 0 radical (unpaired) electrons. The first-order valence-electron chi connectivity index (χ1n) is 10.3. The quantitative estimate of drug-likeness (QED) is 0.426. The second-order valence-electron chi connectivity index (χ2n) is 7.53. The summed E-state index contributed by atoms with van der Waals surface area (Å²) in [6.07, 6.45) is 5.02. The molecular weight excluding hydrogens is 404 g/mol. The van der Waals surface area contributed by atoms with E-state index in [0.717, 1.165) is 11.1 Å². The molecule has 1 atom stereocenters. The number of aromatic nitrogens is 1. The van der Waals surface area contributed by atoms with Crippen molar-refractivity contribution in [3.05, 3.63) is 118 Å². The van der Waals surface area contributed by atoms with E-state index in [1.165, 1.54) is 0 Å². The van der Waals surface area contributed by atoms with Crippen LogP contribution in [0.1, 0.15) is 33.3 Å². The van der Waals surface area contributed by atoms with Crippen LogP contribution in [0, 0.1) is 0 Å². The lowest BCUT2D eigenvalue weighted by Gasteiger charge is -2.25. The van der Waals surface area contributed by atoms with Gasteiger partial charge in [0.2, 0.25) is 5.76 Å². The summed E-state index contributed by atoms with van der Waals surface area (Å²) in [7, 11) is 0. The summed E-state index contributed by atoms with van der Waals surface area (Å²) >= 11 is 0. The summed E-state index contributed by atoms with van der Waals surface area (Å²) in [6, 6.07) is 17.5. The van der Waals surface area contributed by atoms with Crippen molar-refractivity contribution in [3.8, 4) is 5.75 Å². The predicted octanol–water partition coefficient (Wildman–Crippen LogP) is 4.50. The van der Waals surface area contributed by atoms with Gasteiger partial charge in [0.25, 0.3) is 5.91 Å². The van der Waals surface area contributed by atoms with Crippen LogP contribution in [0.3, 0.4) is 0 Å². The molecule has 0 unspecified atom stereocenters. The summed E-state index contributed by atoms with van der Waals surface area (Å²) in [5.41, 5.74) is 2.23. The Morgan fingerprint density at radius 3 is 2.69 bits per heavy atom. The summed E-state index contributed by atoms with van der Waals surface area (Å²) in [5, 5.41) is 0.453. The van der Waals surface area contributed by atoms with Gasteiger partial charge in [-0.15, -0.1) is 0 Å². The SMILES string of the molecule is C=CCOc1cccc([C@H]2c3c(oc4ccccc4c3=O)C(=O)N2Cc2ccncc2)c1. The average Bonchev–Trinajstić information content (AvgIpc) is 3.10. The summed E-state index contributed by atoms with van der Waals surface area (Å²) in [6.45, 7) is 4.35. The molecule has 5 rings (SSSR count). The molecule has 1 aliphatic rings. The molecule has 1 aliphatic heterocycles. The van der Waals surface area contributed by atoms with Gasteiger partial charge in [-0.1, -0.05) is 36.9 Å². The minimum absolute atomic E-state index is 0.0881. The summed E-state index contributed by atoms with van der Waals surface area (Å²) < 4.78 is 11.7. The van der Waals surface area contributed by atoms with Crippen LogP contribution < -0.4 is 10.2 Å². The maximum Gasteiger partial charge on any atom is 0.291 e. The number of carbonyl (C=O) groups is 1. The minimum Gasteiger partial charge on any atom is -0.490 e. The van der Waals surface area contributed by atoms with Crippen molar-refractivity contribution < 1.29 is 13.9 Å². The molecule has 158 valence electrons. The molecule has 0 saturated carbocycles. The van der Waals surface area contributed by atoms with E-state index in [1.807, 2.05) is 36.4 Å². The fourth-order valence-electron chi connectivity index (χ4n) is 4.09. The smallest absolute Gasteiger partial charge is 0.291 e. The standard InChI is InChI=1S/C26H20N2O4/c1-2-14-31-19-7-5-6-18(15-19)23-22-24(29)20-8-3-4-9-21(20)32-25(22)26(30)28(23)16-17-10-12-27-13-11-17/h2-13,15,23H,1,14,16H2/t23-/m0/s1. The maximum absolute atomic E-state index is 13.5. The third kappa shape index (κ3) is 3.36. The molecule has 4 aromatic rings. The van der Waals surface area contributed by atoms with Crippen molar-refractivity contribution in [3.63, 3.8) is 0 Å². The fourth-order valence-corrected chi connectivity index (χ4v) is 4.09. The monoisotopic (exact) mass is 424 g/mol. The number of hydrogen-bond acceptors (Lipinski definition) is 5. The minimum atomic E-state index is -0.598. The van der Waals surface area contributed by atoms with Crippen molar-refractivity contribution in [2.24, 2.45) is 0 Å². The van der Waals surface area contributed by atoms with E-state index in [1.54, 1.807) is 47.6 Å². The lowest BCUT2D eigenvalue weighted by Crippen LogP contribution is -2.29. The summed E-state index contributed by atoms with van der Waals surface area (Å²) in [4.78, 5) is 32.7. The third-order valence-corrected chi connectivity index (χ3v) is 5.52. The normalized spacial score (nSPS) is 15.1. The van der Waals surface area contributed by atoms with Crippen molar-refractivity contribution in [1.29, 1.82) is 0 Å². The molecule has 0 aliphatic carbocycles. The van der Waals surface area contributed by atoms with Crippen LogP contribution in [0.25, 0.3) is 11.0 Å². The molecule has 0 N–H and O–H groups in total. The molecule has 32 heavy (non-hydrogen) atoms. The number of rotatable bonds is 6. The molecule has 0 spiro atoms. The number of pyridine rings is 1. The highest BCUT2D eigenvalue weighted by molar-refractivity contribution is 5.99. The molecule has 1 amide bonds. The number of benzene rings is 2. The Morgan fingerprint density at radius 2 is 1.88 bits per heavy atom. The van der Waals surface area contributed by atoms with E-state index >= 15 is 0 Å². The second-order valence-corrected chi connectivity index (χ2v) is 7.53. The van der Waals surface area contributed by atoms with E-state index in [-0.39, 0.29) is 17.1 Å². The topological polar surface area (TPSA) is 72.6 Å². The molecule has 0 bridgehead atoms. The van der Waals surface area contributed by atoms with Gasteiger partial charge in [0.1, 0.15) is 17.9 Å². The Balaban J connectivity index is 1.69. The molecule has 2 aromatic carbocycles. The lowest BCUT2D eigenvalue weighted by atomic mass is 9.98. The van der Waals surface area contributed by atoms with E-state index in [4.69, 9.17) is 9.15 Å². The second kappa shape index (κ2) is 8.15. The van der Waals surface area contributed by atoms with Gasteiger partial charge in [-0.3, -0.25) is 14.6 Å². The molecule has 6 heteroatoms. The van der Waals surface area contributed by atoms with Crippen LogP contribution in [0.4, 0.5) is 0 Å². The van der Waals surface area contributed by atoms with Crippen LogP contribution in [0.2, 0.25) is 0 Å². The average molecular weight is 424 g/mol. The van der Waals surface area contributed by atoms with Crippen molar-refractivity contribution in [2.75, 3.05) is 6.61 Å². The van der Waals surface area contributed by atoms with Gasteiger partial charge in [-0.25, -0.2) is 0 Å². The zero-order valence-corrected chi connectivity index (χ0v) is 17.2. The van der Waals surface area contributed by atoms with Gasteiger partial charge in [-0.2, -0.15) is 0 Å². The van der Waals surface area contributed by atoms with Gasteiger partial charge in [-0.05, 0) is 47.5 Å². The number of carbonyl (C=O) groups excluding carboxylic acids is 1. The van der Waals surface area contributed by atoms with Gasteiger partial charge in [0.15, 0.2) is 5.43 Å². The van der Waals surface area contributed by atoms with Gasteiger partial charge >= 0.3 is 0 Å². The van der Waals surface area contributed by atoms with Crippen LogP contribution in [-0.2, 0) is 6.54 Å². The number of ether oxygens (including phenoxy) is 1. The first kappa shape index (κ1) is 19.8. The molecule has 0 saturated heterocycles. The molecule has 2 aromatic heterocycles. The Labute approximate surface area is 184 Å². The Bertz CT molecular complexity index is 1380. The highest BCUT2D eigenvalue weighted by Crippen LogP contribution is 2.39. The van der Waals surface area contributed by atoms with Gasteiger partial charge in [0.05, 0.1) is 17.0 Å². The number of amides is 1. The molecule has 3 heterocycles. The van der Waals surface area contributed by atoms with Crippen LogP contribution >= 0.6 is 0 Å². The van der Waals surface area contributed by atoms with Crippen molar-refractivity contribution in [1.82, 2.24) is 9.88 Å². The first-order chi connectivity index (χ1) is 15.7. The predicted molar refractivity (Wildman–Crippen MR) is 121 cm³/mol. The Morgan fingerprint density at radius 1 is 1.06 bits per heavy atom. The Kier molecular flexibility index (Phi) is 5.03. The highest BCUT2D eigenvalue weighted by atomic mass is 16.5. The number of hydrogen-bond donors (Lipinski definition) is 0. The van der Waals surface area contributed by atoms with Crippen molar-refractivity contribution >= 4 is 16.9 Å². The maximum atomic E-state index is 13.5. The van der Waals surface area contributed by atoms with Crippen LogP contribution in [0.5, 0.6) is 5.75 Å². The van der Waals surface area contributed by atoms with E-state index in [0.29, 0.717) is 35.4 Å². The van der Waals surface area contributed by atoms with Crippen LogP contribution in [-0.4, -0.2) is 22.4 Å². The number of nitrogens with zero attached hydrogens (tertiary/aromatic N) is 2. The van der Waals surface area contributed by atoms with Crippen molar-refractivity contribution in [2.45, 2.75) is 12.6 Å². The van der Waals surface area contributed by atoms with Gasteiger partial charge < -0.3 is 14.1 Å². The van der Waals surface area contributed by atoms with E-state index in [9.17, 15) is 9.59 Å². The molecular formula is C26H20N2O4. The van der Waals surface area contributed by atoms with E-state index in [2.05, 4.69) is 11.6 Å².